The highest BCUT2D eigenvalue weighted by atomic mass is 16.5. The molecule has 0 saturated heterocycles. The molecule has 0 aliphatic heterocycles. The Morgan fingerprint density at radius 2 is 2.07 bits per heavy atom. The molecule has 3 N–H and O–H groups in total. The van der Waals surface area contributed by atoms with Gasteiger partial charge in [-0.25, -0.2) is 14.8 Å². The fourth-order valence-electron chi connectivity index (χ4n) is 2.93. The molecule has 4 aromatic heterocycles. The Kier molecular flexibility index (Phi) is 4.76. The Bertz CT molecular complexity index is 1310. The number of ether oxygens (including phenoxy) is 1. The largest absolute Gasteiger partial charge is 0.493 e. The summed E-state index contributed by atoms with van der Waals surface area (Å²) < 4.78 is 11.5. The van der Waals surface area contributed by atoms with Crippen LogP contribution in [0.5, 0.6) is 5.75 Å². The first kappa shape index (κ1) is 18.9. The van der Waals surface area contributed by atoms with Crippen molar-refractivity contribution in [3.63, 3.8) is 0 Å². The molecular formula is C19H16N6O5. The number of pyridine rings is 3. The van der Waals surface area contributed by atoms with Crippen molar-refractivity contribution in [2.24, 2.45) is 0 Å². The lowest BCUT2D eigenvalue weighted by Crippen LogP contribution is -2.21. The van der Waals surface area contributed by atoms with E-state index in [0.29, 0.717) is 17.3 Å². The maximum atomic E-state index is 13.0. The lowest BCUT2D eigenvalue weighted by atomic mass is 10.2. The van der Waals surface area contributed by atoms with E-state index in [1.165, 1.54) is 11.7 Å². The number of hydrogen-bond donors (Lipinski definition) is 3. The van der Waals surface area contributed by atoms with Crippen LogP contribution in [0.15, 0.2) is 52.0 Å². The average molecular weight is 408 g/mol. The van der Waals surface area contributed by atoms with Gasteiger partial charge in [0.25, 0.3) is 11.3 Å². The van der Waals surface area contributed by atoms with Crippen LogP contribution in [0, 0.1) is 0 Å². The fourth-order valence-corrected chi connectivity index (χ4v) is 2.93. The molecule has 0 spiro atoms. The van der Waals surface area contributed by atoms with Gasteiger partial charge in [-0.15, -0.1) is 0 Å². The van der Waals surface area contributed by atoms with Crippen LogP contribution < -0.4 is 20.9 Å². The number of carbonyl (C=O) groups is 1. The summed E-state index contributed by atoms with van der Waals surface area (Å²) in [4.78, 5) is 32.9. The molecule has 0 fully saturated rings. The molecule has 4 rings (SSSR count). The van der Waals surface area contributed by atoms with E-state index in [9.17, 15) is 14.7 Å². The van der Waals surface area contributed by atoms with E-state index < -0.39 is 17.3 Å². The molecule has 0 radical (unpaired) electrons. The van der Waals surface area contributed by atoms with Crippen LogP contribution in [0.1, 0.15) is 10.6 Å². The van der Waals surface area contributed by atoms with Gasteiger partial charge in [-0.2, -0.15) is 0 Å². The van der Waals surface area contributed by atoms with Crippen molar-refractivity contribution in [3.05, 3.63) is 58.8 Å². The number of nitrogens with zero attached hydrogens (tertiary/aromatic N) is 4. The van der Waals surface area contributed by atoms with Gasteiger partial charge in [0.15, 0.2) is 17.1 Å². The summed E-state index contributed by atoms with van der Waals surface area (Å²) in [5.74, 6) is -0.688. The molecule has 0 aliphatic rings. The van der Waals surface area contributed by atoms with Gasteiger partial charge in [-0.3, -0.25) is 9.36 Å². The normalized spacial score (nSPS) is 10.7. The lowest BCUT2D eigenvalue weighted by molar-refractivity contribution is 0.0655. The van der Waals surface area contributed by atoms with E-state index in [1.54, 1.807) is 49.8 Å². The van der Waals surface area contributed by atoms with Crippen molar-refractivity contribution in [2.45, 2.75) is 0 Å². The number of nitrogens with one attached hydrogen (secondary N) is 2. The maximum Gasteiger partial charge on any atom is 0.377 e. The van der Waals surface area contributed by atoms with E-state index >= 15 is 0 Å². The Hall–Kier alpha value is -4.41. The third-order valence-corrected chi connectivity index (χ3v) is 4.31. The number of hydrogen-bond acceptors (Lipinski definition) is 9. The molecule has 0 bridgehead atoms. The number of fused-ring (bicyclic) bond motifs is 1. The van der Waals surface area contributed by atoms with Gasteiger partial charge < -0.3 is 25.0 Å². The number of aromatic nitrogens is 4. The molecule has 0 aromatic carbocycles. The minimum atomic E-state index is -1.30. The summed E-state index contributed by atoms with van der Waals surface area (Å²) >= 11 is 0. The molecule has 0 aliphatic carbocycles. The number of methoxy groups -OCH3 is 1. The maximum absolute atomic E-state index is 13.0. The summed E-state index contributed by atoms with van der Waals surface area (Å²) in [6.45, 7) is 0. The summed E-state index contributed by atoms with van der Waals surface area (Å²) in [6, 6.07) is 8.23. The number of carboxylic acid groups (broad SMARTS) is 1. The number of carboxylic acids is 1. The second-order valence-electron chi connectivity index (χ2n) is 6.07. The number of aromatic carboxylic acids is 1. The molecule has 11 heteroatoms. The van der Waals surface area contributed by atoms with Gasteiger partial charge in [0.1, 0.15) is 17.0 Å². The van der Waals surface area contributed by atoms with E-state index in [0.717, 1.165) is 0 Å². The van der Waals surface area contributed by atoms with Gasteiger partial charge in [0.05, 0.1) is 12.8 Å². The van der Waals surface area contributed by atoms with E-state index in [2.05, 4.69) is 25.8 Å². The van der Waals surface area contributed by atoms with Gasteiger partial charge in [-0.1, -0.05) is 5.16 Å². The fraction of sp³-hybridized carbons (Fsp3) is 0.105. The van der Waals surface area contributed by atoms with Crippen molar-refractivity contribution in [3.8, 4) is 11.6 Å². The van der Waals surface area contributed by atoms with Crippen LogP contribution in [-0.2, 0) is 0 Å². The van der Waals surface area contributed by atoms with E-state index in [-0.39, 0.29) is 22.5 Å². The molecule has 0 amide bonds. The zero-order valence-corrected chi connectivity index (χ0v) is 15.9. The van der Waals surface area contributed by atoms with Gasteiger partial charge in [0.2, 0.25) is 0 Å². The summed E-state index contributed by atoms with van der Waals surface area (Å²) in [5.41, 5.74) is 0.615. The predicted molar refractivity (Wildman–Crippen MR) is 108 cm³/mol. The first-order valence-corrected chi connectivity index (χ1v) is 8.73. The Balaban J connectivity index is 1.80. The molecule has 30 heavy (non-hydrogen) atoms. The molecule has 0 atom stereocenters. The quantitative estimate of drug-likeness (QED) is 0.434. The average Bonchev–Trinajstić information content (AvgIpc) is 3.19. The first-order chi connectivity index (χ1) is 14.5. The van der Waals surface area contributed by atoms with Crippen molar-refractivity contribution >= 4 is 34.2 Å². The highest BCUT2D eigenvalue weighted by Gasteiger charge is 2.21. The van der Waals surface area contributed by atoms with Gasteiger partial charge in [0, 0.05) is 25.5 Å². The second kappa shape index (κ2) is 7.54. The minimum Gasteiger partial charge on any atom is -0.493 e. The molecule has 4 heterocycles. The standard InChI is InChI=1S/C19H16N6O5/c1-20-11-9-13(23-15-14(11)24-30-16(15)19(27)28)22-10-5-4-8-25(18(10)26)17-12(29-2)6-3-7-21-17/h3-9,20H,1-2H3,(H,22,23)(H,27,28). The van der Waals surface area contributed by atoms with Crippen LogP contribution in [-0.4, -0.2) is 44.9 Å². The Morgan fingerprint density at radius 1 is 1.23 bits per heavy atom. The number of anilines is 3. The van der Waals surface area contributed by atoms with Crippen molar-refractivity contribution in [1.82, 2.24) is 19.7 Å². The van der Waals surface area contributed by atoms with Crippen LogP contribution in [0.2, 0.25) is 0 Å². The molecular weight excluding hydrogens is 392 g/mol. The summed E-state index contributed by atoms with van der Waals surface area (Å²) in [6.07, 6.45) is 3.12. The third-order valence-electron chi connectivity index (χ3n) is 4.31. The minimum absolute atomic E-state index is 0.0551. The highest BCUT2D eigenvalue weighted by molar-refractivity contribution is 6.02. The van der Waals surface area contributed by atoms with Crippen molar-refractivity contribution < 1.29 is 19.2 Å². The Morgan fingerprint density at radius 3 is 2.80 bits per heavy atom. The summed E-state index contributed by atoms with van der Waals surface area (Å²) in [7, 11) is 3.14. The predicted octanol–water partition coefficient (Wildman–Crippen LogP) is 2.26. The van der Waals surface area contributed by atoms with E-state index in [4.69, 9.17) is 9.26 Å². The van der Waals surface area contributed by atoms with Crippen LogP contribution >= 0.6 is 0 Å². The number of rotatable bonds is 6. The third kappa shape index (κ3) is 3.17. The summed E-state index contributed by atoms with van der Waals surface area (Å²) in [5, 5.41) is 18.9. The van der Waals surface area contributed by atoms with Crippen LogP contribution in [0.25, 0.3) is 16.9 Å². The lowest BCUT2D eigenvalue weighted by Gasteiger charge is -2.12. The smallest absolute Gasteiger partial charge is 0.377 e. The van der Waals surface area contributed by atoms with Crippen molar-refractivity contribution in [2.75, 3.05) is 24.8 Å². The molecule has 0 unspecified atom stereocenters. The SMILES string of the molecule is CNc1cc(Nc2cccn(-c3ncccc3OC)c2=O)nc2c(C(=O)O)onc12. The monoisotopic (exact) mass is 408 g/mol. The highest BCUT2D eigenvalue weighted by Crippen LogP contribution is 2.28. The molecule has 11 nitrogen and oxygen atoms in total. The van der Waals surface area contributed by atoms with E-state index in [1.807, 2.05) is 0 Å². The Labute approximate surface area is 168 Å². The van der Waals surface area contributed by atoms with Gasteiger partial charge in [-0.05, 0) is 24.3 Å². The molecule has 152 valence electrons. The second-order valence-corrected chi connectivity index (χ2v) is 6.07. The van der Waals surface area contributed by atoms with Crippen LogP contribution in [0.4, 0.5) is 17.2 Å². The molecule has 0 saturated carbocycles. The topological polar surface area (TPSA) is 144 Å². The zero-order valence-electron chi connectivity index (χ0n) is 15.9. The first-order valence-electron chi connectivity index (χ1n) is 8.73. The molecule has 4 aromatic rings. The van der Waals surface area contributed by atoms with Gasteiger partial charge >= 0.3 is 5.97 Å². The zero-order chi connectivity index (χ0) is 21.3. The van der Waals surface area contributed by atoms with Crippen molar-refractivity contribution in [1.29, 1.82) is 0 Å². The van der Waals surface area contributed by atoms with Crippen LogP contribution in [0.3, 0.4) is 0 Å².